The monoisotopic (exact) mass is 282 g/mol. The molecule has 108 valence electrons. The molecule has 0 saturated heterocycles. The molecule has 0 atom stereocenters. The molecule has 3 rings (SSSR count). The zero-order valence-electron chi connectivity index (χ0n) is 12.3. The van der Waals surface area contributed by atoms with Crippen molar-refractivity contribution in [1.82, 2.24) is 0 Å². The van der Waals surface area contributed by atoms with Crippen LogP contribution in [0.5, 0.6) is 0 Å². The molecule has 0 heterocycles. The fraction of sp³-hybridized carbons (Fsp3) is 0.333. The van der Waals surface area contributed by atoms with Crippen molar-refractivity contribution in [3.05, 3.63) is 47.0 Å². The maximum atomic E-state index is 12.6. The molecule has 1 N–H and O–H groups in total. The molecule has 0 fully saturated rings. The van der Waals surface area contributed by atoms with Crippen LogP contribution in [0.4, 0.5) is 0 Å². The summed E-state index contributed by atoms with van der Waals surface area (Å²) in [5.41, 5.74) is 2.18. The number of carboxylic acid groups (broad SMARTS) is 1. The molecule has 0 aliphatic heterocycles. The SMILES string of the molecule is CC(C)(CC(=O)c1ccc2c3c(cccc13)CC2)C(=O)O. The maximum absolute atomic E-state index is 12.6. The van der Waals surface area contributed by atoms with Crippen molar-refractivity contribution in [2.24, 2.45) is 5.41 Å². The minimum atomic E-state index is -1.04. The van der Waals surface area contributed by atoms with Gasteiger partial charge in [0.1, 0.15) is 0 Å². The summed E-state index contributed by atoms with van der Waals surface area (Å²) in [6.07, 6.45) is 2.05. The average Bonchev–Trinajstić information content (AvgIpc) is 2.84. The van der Waals surface area contributed by atoms with Crippen LogP contribution in [0.2, 0.25) is 0 Å². The lowest BCUT2D eigenvalue weighted by molar-refractivity contribution is -0.146. The topological polar surface area (TPSA) is 54.4 Å². The van der Waals surface area contributed by atoms with Crippen LogP contribution < -0.4 is 0 Å². The van der Waals surface area contributed by atoms with Gasteiger partial charge in [0.05, 0.1) is 5.41 Å². The van der Waals surface area contributed by atoms with Crippen molar-refractivity contribution in [2.75, 3.05) is 0 Å². The second kappa shape index (κ2) is 4.69. The van der Waals surface area contributed by atoms with Gasteiger partial charge in [-0.05, 0) is 48.6 Å². The van der Waals surface area contributed by atoms with Gasteiger partial charge in [-0.3, -0.25) is 9.59 Å². The molecule has 3 nitrogen and oxygen atoms in total. The van der Waals surface area contributed by atoms with E-state index in [-0.39, 0.29) is 12.2 Å². The van der Waals surface area contributed by atoms with Crippen LogP contribution >= 0.6 is 0 Å². The summed E-state index contributed by atoms with van der Waals surface area (Å²) < 4.78 is 0. The normalized spacial score (nSPS) is 13.6. The van der Waals surface area contributed by atoms with Gasteiger partial charge in [0.2, 0.25) is 0 Å². The van der Waals surface area contributed by atoms with Crippen molar-refractivity contribution in [1.29, 1.82) is 0 Å². The predicted molar refractivity (Wildman–Crippen MR) is 81.7 cm³/mol. The third-order valence-electron chi connectivity index (χ3n) is 4.36. The highest BCUT2D eigenvalue weighted by atomic mass is 16.4. The van der Waals surface area contributed by atoms with E-state index in [1.54, 1.807) is 13.8 Å². The highest BCUT2D eigenvalue weighted by Crippen LogP contribution is 2.34. The van der Waals surface area contributed by atoms with Gasteiger partial charge < -0.3 is 5.11 Å². The number of carboxylic acids is 1. The molecule has 3 heteroatoms. The molecular formula is C18H18O3. The molecule has 0 spiro atoms. The van der Waals surface area contributed by atoms with E-state index in [0.29, 0.717) is 5.56 Å². The Morgan fingerprint density at radius 1 is 1.10 bits per heavy atom. The molecule has 0 aromatic heterocycles. The number of hydrogen-bond acceptors (Lipinski definition) is 2. The van der Waals surface area contributed by atoms with E-state index in [0.717, 1.165) is 18.2 Å². The lowest BCUT2D eigenvalue weighted by atomic mass is 9.84. The Balaban J connectivity index is 2.06. The van der Waals surface area contributed by atoms with Gasteiger partial charge in [-0.1, -0.05) is 30.3 Å². The van der Waals surface area contributed by atoms with Gasteiger partial charge in [-0.25, -0.2) is 0 Å². The molecular weight excluding hydrogens is 264 g/mol. The fourth-order valence-electron chi connectivity index (χ4n) is 3.06. The molecule has 0 radical (unpaired) electrons. The molecule has 0 bridgehead atoms. The maximum Gasteiger partial charge on any atom is 0.309 e. The number of benzene rings is 2. The summed E-state index contributed by atoms with van der Waals surface area (Å²) in [7, 11) is 0. The van der Waals surface area contributed by atoms with Crippen molar-refractivity contribution < 1.29 is 14.7 Å². The first kappa shape index (κ1) is 13.8. The van der Waals surface area contributed by atoms with Crippen LogP contribution in [0.1, 0.15) is 41.8 Å². The number of Topliss-reactive ketones (excluding diaryl/α,β-unsaturated/α-hetero) is 1. The zero-order chi connectivity index (χ0) is 15.2. The first-order valence-corrected chi connectivity index (χ1v) is 7.20. The third kappa shape index (κ3) is 2.23. The van der Waals surface area contributed by atoms with E-state index in [1.165, 1.54) is 16.5 Å². The van der Waals surface area contributed by atoms with Crippen LogP contribution in [0.3, 0.4) is 0 Å². The van der Waals surface area contributed by atoms with Crippen molar-refractivity contribution >= 4 is 22.5 Å². The number of carbonyl (C=O) groups excluding carboxylic acids is 1. The Bertz CT molecular complexity index is 746. The minimum Gasteiger partial charge on any atom is -0.481 e. The largest absolute Gasteiger partial charge is 0.481 e. The van der Waals surface area contributed by atoms with E-state index in [9.17, 15) is 14.7 Å². The predicted octanol–water partition coefficient (Wildman–Crippen LogP) is 3.62. The molecule has 1 aliphatic rings. The summed E-state index contributed by atoms with van der Waals surface area (Å²) >= 11 is 0. The Morgan fingerprint density at radius 2 is 1.76 bits per heavy atom. The van der Waals surface area contributed by atoms with Crippen LogP contribution in [-0.4, -0.2) is 16.9 Å². The first-order chi connectivity index (χ1) is 9.90. The standard InChI is InChI=1S/C18H18O3/c1-18(2,17(20)21)10-15(19)13-9-8-12-7-6-11-4-3-5-14(13)16(11)12/h3-5,8-9H,6-7,10H2,1-2H3,(H,20,21). The molecule has 0 amide bonds. The third-order valence-corrected chi connectivity index (χ3v) is 4.36. The van der Waals surface area contributed by atoms with Gasteiger partial charge in [0, 0.05) is 12.0 Å². The highest BCUT2D eigenvalue weighted by molar-refractivity contribution is 6.11. The molecule has 0 saturated carbocycles. The second-order valence-corrected chi connectivity index (χ2v) is 6.40. The van der Waals surface area contributed by atoms with E-state index >= 15 is 0 Å². The molecule has 0 unspecified atom stereocenters. The summed E-state index contributed by atoms with van der Waals surface area (Å²) in [6.45, 7) is 3.18. The zero-order valence-corrected chi connectivity index (χ0v) is 12.3. The quantitative estimate of drug-likeness (QED) is 0.871. The average molecular weight is 282 g/mol. The molecule has 2 aromatic carbocycles. The van der Waals surface area contributed by atoms with E-state index in [1.807, 2.05) is 24.3 Å². The molecule has 1 aliphatic carbocycles. The summed E-state index contributed by atoms with van der Waals surface area (Å²) in [4.78, 5) is 23.8. The number of aryl methyl sites for hydroxylation is 2. The number of rotatable bonds is 4. The van der Waals surface area contributed by atoms with E-state index in [4.69, 9.17) is 0 Å². The number of ketones is 1. The summed E-state index contributed by atoms with van der Waals surface area (Å²) in [5.74, 6) is -1.04. The van der Waals surface area contributed by atoms with E-state index in [2.05, 4.69) is 6.07 Å². The Kier molecular flexibility index (Phi) is 3.08. The Labute approximate surface area is 123 Å². The van der Waals surface area contributed by atoms with Gasteiger partial charge in [0.15, 0.2) is 5.78 Å². The summed E-state index contributed by atoms with van der Waals surface area (Å²) in [5, 5.41) is 11.4. The molecule has 2 aromatic rings. The lowest BCUT2D eigenvalue weighted by Crippen LogP contribution is -2.27. The summed E-state index contributed by atoms with van der Waals surface area (Å²) in [6, 6.07) is 9.92. The second-order valence-electron chi connectivity index (χ2n) is 6.40. The number of aliphatic carboxylic acids is 1. The number of hydrogen-bond donors (Lipinski definition) is 1. The number of carbonyl (C=O) groups is 2. The van der Waals surface area contributed by atoms with Crippen LogP contribution in [0.15, 0.2) is 30.3 Å². The van der Waals surface area contributed by atoms with Gasteiger partial charge in [0.25, 0.3) is 0 Å². The van der Waals surface area contributed by atoms with Crippen LogP contribution in [0.25, 0.3) is 10.8 Å². The van der Waals surface area contributed by atoms with Gasteiger partial charge in [-0.2, -0.15) is 0 Å². The van der Waals surface area contributed by atoms with Crippen LogP contribution in [-0.2, 0) is 17.6 Å². The first-order valence-electron chi connectivity index (χ1n) is 7.20. The van der Waals surface area contributed by atoms with Gasteiger partial charge >= 0.3 is 5.97 Å². The minimum absolute atomic E-state index is 0.0149. The van der Waals surface area contributed by atoms with Crippen molar-refractivity contribution in [3.8, 4) is 0 Å². The van der Waals surface area contributed by atoms with Crippen molar-refractivity contribution in [2.45, 2.75) is 33.1 Å². The Hall–Kier alpha value is -2.16. The fourth-order valence-corrected chi connectivity index (χ4v) is 3.06. The van der Waals surface area contributed by atoms with E-state index < -0.39 is 11.4 Å². The highest BCUT2D eigenvalue weighted by Gasteiger charge is 2.31. The van der Waals surface area contributed by atoms with Crippen molar-refractivity contribution in [3.63, 3.8) is 0 Å². The van der Waals surface area contributed by atoms with Crippen LogP contribution in [0, 0.1) is 5.41 Å². The Morgan fingerprint density at radius 3 is 2.43 bits per heavy atom. The smallest absolute Gasteiger partial charge is 0.309 e. The lowest BCUT2D eigenvalue weighted by Gasteiger charge is -2.18. The van der Waals surface area contributed by atoms with Gasteiger partial charge in [-0.15, -0.1) is 0 Å². The molecule has 21 heavy (non-hydrogen) atoms.